The van der Waals surface area contributed by atoms with Crippen molar-refractivity contribution >= 4 is 17.3 Å². The number of pyridine rings is 1. The topological polar surface area (TPSA) is 58.1 Å². The highest BCUT2D eigenvalue weighted by atomic mass is 16.5. The first kappa shape index (κ1) is 25.1. The van der Waals surface area contributed by atoms with Gasteiger partial charge in [-0.05, 0) is 68.6 Å². The second-order valence-electron chi connectivity index (χ2n) is 9.90. The predicted octanol–water partition coefficient (Wildman–Crippen LogP) is 5.14. The number of likely N-dealkylation sites (N-methyl/N-ethyl adjacent to an activating group) is 1. The van der Waals surface area contributed by atoms with Crippen molar-refractivity contribution < 1.29 is 14.3 Å². The van der Waals surface area contributed by atoms with Gasteiger partial charge < -0.3 is 24.2 Å². The summed E-state index contributed by atoms with van der Waals surface area (Å²) in [5, 5.41) is 0. The molecule has 3 aromatic rings. The van der Waals surface area contributed by atoms with E-state index in [0.29, 0.717) is 36.7 Å². The van der Waals surface area contributed by atoms with Crippen molar-refractivity contribution in [3.63, 3.8) is 0 Å². The molecule has 2 aromatic carbocycles. The average molecular weight is 501 g/mol. The first-order valence-electron chi connectivity index (χ1n) is 13.2. The Kier molecular flexibility index (Phi) is 7.90. The normalized spacial score (nSPS) is 16.5. The van der Waals surface area contributed by atoms with Crippen LogP contribution in [0.4, 0.5) is 11.4 Å². The SMILES string of the molecule is COc1c(C(=O)N2CCN(C)CC2)ccc(N(Cc2cccnc2)c2ccccc2)c1OC1CCCC1. The van der Waals surface area contributed by atoms with Gasteiger partial charge in [0, 0.05) is 50.8 Å². The molecule has 0 bridgehead atoms. The largest absolute Gasteiger partial charge is 0.492 e. The zero-order valence-corrected chi connectivity index (χ0v) is 21.8. The summed E-state index contributed by atoms with van der Waals surface area (Å²) in [5.41, 5.74) is 3.55. The average Bonchev–Trinajstić information content (AvgIpc) is 3.46. The number of methoxy groups -OCH3 is 1. The summed E-state index contributed by atoms with van der Waals surface area (Å²) in [5.74, 6) is 1.15. The van der Waals surface area contributed by atoms with Gasteiger partial charge in [-0.3, -0.25) is 9.78 Å². The number of hydrogen-bond acceptors (Lipinski definition) is 6. The van der Waals surface area contributed by atoms with Crippen LogP contribution in [0.1, 0.15) is 41.6 Å². The first-order chi connectivity index (χ1) is 18.1. The number of amides is 1. The molecule has 37 heavy (non-hydrogen) atoms. The fourth-order valence-corrected chi connectivity index (χ4v) is 5.20. The quantitative estimate of drug-likeness (QED) is 0.427. The van der Waals surface area contributed by atoms with Crippen LogP contribution < -0.4 is 14.4 Å². The minimum Gasteiger partial charge on any atom is -0.492 e. The minimum atomic E-state index is -0.00806. The number of anilines is 2. The van der Waals surface area contributed by atoms with E-state index in [1.165, 1.54) is 0 Å². The maximum atomic E-state index is 13.7. The van der Waals surface area contributed by atoms with E-state index in [0.717, 1.165) is 55.7 Å². The molecule has 7 nitrogen and oxygen atoms in total. The highest BCUT2D eigenvalue weighted by molar-refractivity contribution is 5.99. The lowest BCUT2D eigenvalue weighted by atomic mass is 10.1. The third-order valence-corrected chi connectivity index (χ3v) is 7.33. The van der Waals surface area contributed by atoms with Crippen molar-refractivity contribution in [1.29, 1.82) is 0 Å². The Morgan fingerprint density at radius 1 is 0.973 bits per heavy atom. The molecule has 0 radical (unpaired) electrons. The molecule has 1 saturated carbocycles. The third kappa shape index (κ3) is 5.72. The summed E-state index contributed by atoms with van der Waals surface area (Å²) in [6.45, 7) is 3.75. The molecule has 194 valence electrons. The van der Waals surface area contributed by atoms with Crippen molar-refractivity contribution in [3.8, 4) is 11.5 Å². The molecule has 0 unspecified atom stereocenters. The van der Waals surface area contributed by atoms with E-state index >= 15 is 0 Å². The number of para-hydroxylation sites is 1. The maximum absolute atomic E-state index is 13.7. The van der Waals surface area contributed by atoms with Crippen LogP contribution in [-0.2, 0) is 6.54 Å². The summed E-state index contributed by atoms with van der Waals surface area (Å²) in [4.78, 5) is 24.4. The smallest absolute Gasteiger partial charge is 0.257 e. The Morgan fingerprint density at radius 2 is 1.73 bits per heavy atom. The summed E-state index contributed by atoms with van der Waals surface area (Å²) in [6.07, 6.45) is 8.10. The number of carbonyl (C=O) groups is 1. The van der Waals surface area contributed by atoms with Gasteiger partial charge >= 0.3 is 0 Å². The van der Waals surface area contributed by atoms with Crippen molar-refractivity contribution in [2.45, 2.75) is 38.3 Å². The minimum absolute atomic E-state index is 0.00806. The molecule has 2 aliphatic rings. The van der Waals surface area contributed by atoms with Crippen LogP contribution in [0.5, 0.6) is 11.5 Å². The van der Waals surface area contributed by atoms with Gasteiger partial charge in [-0.15, -0.1) is 0 Å². The van der Waals surface area contributed by atoms with Crippen molar-refractivity contribution in [3.05, 3.63) is 78.1 Å². The molecule has 1 aliphatic heterocycles. The van der Waals surface area contributed by atoms with Crippen LogP contribution in [0.2, 0.25) is 0 Å². The van der Waals surface area contributed by atoms with Crippen molar-refractivity contribution in [1.82, 2.24) is 14.8 Å². The van der Waals surface area contributed by atoms with Crippen LogP contribution >= 0.6 is 0 Å². The molecule has 7 heteroatoms. The lowest BCUT2D eigenvalue weighted by Crippen LogP contribution is -2.47. The Hall–Kier alpha value is -3.58. The maximum Gasteiger partial charge on any atom is 0.257 e. The second kappa shape index (κ2) is 11.6. The lowest BCUT2D eigenvalue weighted by molar-refractivity contribution is 0.0659. The molecule has 0 N–H and O–H groups in total. The van der Waals surface area contributed by atoms with E-state index in [-0.39, 0.29) is 12.0 Å². The molecule has 1 aromatic heterocycles. The predicted molar refractivity (Wildman–Crippen MR) is 146 cm³/mol. The number of piperazine rings is 1. The molecular formula is C30H36N4O3. The van der Waals surface area contributed by atoms with Crippen molar-refractivity contribution in [2.75, 3.05) is 45.2 Å². The highest BCUT2D eigenvalue weighted by Crippen LogP contribution is 2.45. The van der Waals surface area contributed by atoms with E-state index in [1.807, 2.05) is 47.5 Å². The first-order valence-corrected chi connectivity index (χ1v) is 13.2. The monoisotopic (exact) mass is 500 g/mol. The number of nitrogens with zero attached hydrogens (tertiary/aromatic N) is 4. The van der Waals surface area contributed by atoms with Gasteiger partial charge in [0.15, 0.2) is 11.5 Å². The Balaban J connectivity index is 1.59. The zero-order valence-electron chi connectivity index (χ0n) is 21.8. The number of ether oxygens (including phenoxy) is 2. The van der Waals surface area contributed by atoms with Gasteiger partial charge in [-0.25, -0.2) is 0 Å². The van der Waals surface area contributed by atoms with Gasteiger partial charge in [0.25, 0.3) is 5.91 Å². The molecular weight excluding hydrogens is 464 g/mol. The zero-order chi connectivity index (χ0) is 25.6. The van der Waals surface area contributed by atoms with Crippen LogP contribution in [0.25, 0.3) is 0 Å². The fraction of sp³-hybridized carbons (Fsp3) is 0.400. The molecule has 1 aliphatic carbocycles. The van der Waals surface area contributed by atoms with Gasteiger partial charge in [0.2, 0.25) is 0 Å². The molecule has 2 heterocycles. The van der Waals surface area contributed by atoms with Crippen LogP contribution in [-0.4, -0.2) is 67.1 Å². The molecule has 0 spiro atoms. The summed E-state index contributed by atoms with van der Waals surface area (Å²) in [7, 11) is 3.72. The van der Waals surface area contributed by atoms with E-state index in [9.17, 15) is 4.79 Å². The van der Waals surface area contributed by atoms with Gasteiger partial charge in [0.05, 0.1) is 24.5 Å². The Morgan fingerprint density at radius 3 is 2.41 bits per heavy atom. The number of aromatic nitrogens is 1. The number of rotatable bonds is 8. The number of benzene rings is 2. The summed E-state index contributed by atoms with van der Waals surface area (Å²) in [6, 6.07) is 18.2. The van der Waals surface area contributed by atoms with Crippen LogP contribution in [0, 0.1) is 0 Å². The van der Waals surface area contributed by atoms with E-state index in [2.05, 4.69) is 40.0 Å². The molecule has 5 rings (SSSR count). The van der Waals surface area contributed by atoms with E-state index < -0.39 is 0 Å². The number of hydrogen-bond donors (Lipinski definition) is 0. The van der Waals surface area contributed by atoms with Crippen molar-refractivity contribution in [2.24, 2.45) is 0 Å². The molecule has 0 atom stereocenters. The number of carbonyl (C=O) groups excluding carboxylic acids is 1. The standard InChI is InChI=1S/C30H36N4O3/c1-32-17-19-33(20-18-32)30(35)26-14-15-27(29(28(26)36-2)37-25-12-6-7-13-25)34(24-10-4-3-5-11-24)22-23-9-8-16-31-21-23/h3-5,8-11,14-16,21,25H,6-7,12-13,17-20,22H2,1-2H3. The Bertz CT molecular complexity index is 1170. The third-order valence-electron chi connectivity index (χ3n) is 7.33. The Labute approximate surface area is 219 Å². The fourth-order valence-electron chi connectivity index (χ4n) is 5.20. The summed E-state index contributed by atoms with van der Waals surface area (Å²) < 4.78 is 12.7. The van der Waals surface area contributed by atoms with E-state index in [4.69, 9.17) is 9.47 Å². The van der Waals surface area contributed by atoms with Crippen LogP contribution in [0.3, 0.4) is 0 Å². The van der Waals surface area contributed by atoms with Gasteiger partial charge in [-0.1, -0.05) is 24.3 Å². The second-order valence-corrected chi connectivity index (χ2v) is 9.90. The lowest BCUT2D eigenvalue weighted by Gasteiger charge is -2.33. The van der Waals surface area contributed by atoms with E-state index in [1.54, 1.807) is 13.3 Å². The van der Waals surface area contributed by atoms with Gasteiger partial charge in [0.1, 0.15) is 0 Å². The summed E-state index contributed by atoms with van der Waals surface area (Å²) >= 11 is 0. The molecule has 2 fully saturated rings. The molecule has 1 amide bonds. The highest BCUT2D eigenvalue weighted by Gasteiger charge is 2.30. The van der Waals surface area contributed by atoms with Crippen LogP contribution in [0.15, 0.2) is 67.0 Å². The molecule has 1 saturated heterocycles. The van der Waals surface area contributed by atoms with Gasteiger partial charge in [-0.2, -0.15) is 0 Å².